The fourth-order valence-corrected chi connectivity index (χ4v) is 6.30. The molecule has 0 radical (unpaired) electrons. The van der Waals surface area contributed by atoms with Crippen LogP contribution in [0.1, 0.15) is 20.3 Å². The summed E-state index contributed by atoms with van der Waals surface area (Å²) in [5.74, 6) is 0.683. The summed E-state index contributed by atoms with van der Waals surface area (Å²) in [6, 6.07) is 0. The van der Waals surface area contributed by atoms with Crippen molar-refractivity contribution in [2.24, 2.45) is 0 Å². The van der Waals surface area contributed by atoms with Gasteiger partial charge in [0.25, 0.3) is 0 Å². The Morgan fingerprint density at radius 1 is 1.48 bits per heavy atom. The molecule has 2 atom stereocenters. The van der Waals surface area contributed by atoms with E-state index in [1.807, 2.05) is 13.8 Å². The van der Waals surface area contributed by atoms with E-state index in [1.54, 1.807) is 4.90 Å². The van der Waals surface area contributed by atoms with Crippen molar-refractivity contribution in [3.63, 3.8) is 0 Å². The van der Waals surface area contributed by atoms with Gasteiger partial charge < -0.3 is 14.7 Å². The molecule has 0 saturated carbocycles. The number of carbonyl (C=O) groups is 1. The van der Waals surface area contributed by atoms with E-state index < -0.39 is 15.4 Å². The third kappa shape index (κ3) is 4.84. The van der Waals surface area contributed by atoms with Crippen LogP contribution in [0.25, 0.3) is 0 Å². The number of sulfone groups is 1. The number of morpholine rings is 1. The first kappa shape index (κ1) is 17.1. The number of rotatable bonds is 4. The van der Waals surface area contributed by atoms with Crippen LogP contribution in [0.5, 0.6) is 0 Å². The van der Waals surface area contributed by atoms with Crippen molar-refractivity contribution in [2.75, 3.05) is 37.0 Å². The highest BCUT2D eigenvalue weighted by atomic mass is 32.2. The summed E-state index contributed by atoms with van der Waals surface area (Å²) in [6.45, 7) is 4.56. The first-order valence-electron chi connectivity index (χ1n) is 7.09. The lowest BCUT2D eigenvalue weighted by Gasteiger charge is -2.42. The molecule has 2 fully saturated rings. The zero-order chi connectivity index (χ0) is 15.7. The molecule has 2 rings (SSSR count). The first-order valence-corrected chi connectivity index (χ1v) is 9.96. The van der Waals surface area contributed by atoms with E-state index in [4.69, 9.17) is 4.74 Å². The zero-order valence-electron chi connectivity index (χ0n) is 12.4. The van der Waals surface area contributed by atoms with Crippen LogP contribution >= 0.6 is 11.8 Å². The van der Waals surface area contributed by atoms with E-state index >= 15 is 0 Å². The van der Waals surface area contributed by atoms with E-state index in [0.717, 1.165) is 0 Å². The quantitative estimate of drug-likeness (QED) is 0.772. The number of thioether (sulfide) groups is 1. The van der Waals surface area contributed by atoms with Crippen LogP contribution in [-0.2, 0) is 19.4 Å². The summed E-state index contributed by atoms with van der Waals surface area (Å²) in [5, 5.41) is 9.28. The van der Waals surface area contributed by atoms with Crippen LogP contribution in [0.2, 0.25) is 0 Å². The van der Waals surface area contributed by atoms with E-state index in [1.165, 1.54) is 11.8 Å². The lowest BCUT2D eigenvalue weighted by molar-refractivity contribution is -0.165. The number of hydrogen-bond donors (Lipinski definition) is 1. The lowest BCUT2D eigenvalue weighted by Crippen LogP contribution is -2.56. The molecular formula is C13H23NO5S2. The number of aliphatic hydroxyl groups excluding tert-OH is 1. The Hall–Kier alpha value is -0.310. The van der Waals surface area contributed by atoms with Crippen LogP contribution in [0.4, 0.5) is 0 Å². The van der Waals surface area contributed by atoms with E-state index in [9.17, 15) is 18.3 Å². The average molecular weight is 337 g/mol. The van der Waals surface area contributed by atoms with Gasteiger partial charge in [0.05, 0.1) is 35.6 Å². The largest absolute Gasteiger partial charge is 0.394 e. The molecule has 2 heterocycles. The molecule has 0 aliphatic carbocycles. The maximum atomic E-state index is 12.3. The van der Waals surface area contributed by atoms with Gasteiger partial charge in [-0.3, -0.25) is 4.79 Å². The maximum absolute atomic E-state index is 12.3. The minimum absolute atomic E-state index is 0.0147. The zero-order valence-corrected chi connectivity index (χ0v) is 14.1. The van der Waals surface area contributed by atoms with Gasteiger partial charge in [-0.25, -0.2) is 8.42 Å². The molecule has 122 valence electrons. The monoisotopic (exact) mass is 337 g/mol. The minimum atomic E-state index is -2.90. The van der Waals surface area contributed by atoms with Crippen LogP contribution in [0.3, 0.4) is 0 Å². The van der Waals surface area contributed by atoms with Crippen molar-refractivity contribution in [3.8, 4) is 0 Å². The molecular weight excluding hydrogens is 314 g/mol. The van der Waals surface area contributed by atoms with Gasteiger partial charge in [-0.2, -0.15) is 0 Å². The Labute approximate surface area is 130 Å². The van der Waals surface area contributed by atoms with E-state index in [0.29, 0.717) is 19.5 Å². The molecule has 0 aromatic heterocycles. The van der Waals surface area contributed by atoms with Gasteiger partial charge in [0, 0.05) is 18.3 Å². The summed E-state index contributed by atoms with van der Waals surface area (Å²) in [4.78, 5) is 14.0. The Morgan fingerprint density at radius 2 is 2.19 bits per heavy atom. The van der Waals surface area contributed by atoms with Gasteiger partial charge in [0.1, 0.15) is 0 Å². The first-order chi connectivity index (χ1) is 9.71. The summed E-state index contributed by atoms with van der Waals surface area (Å²) in [5.41, 5.74) is -0.470. The summed E-state index contributed by atoms with van der Waals surface area (Å²) < 4.78 is 28.5. The number of ether oxygens (including phenoxy) is 1. The molecule has 2 aliphatic rings. The van der Waals surface area contributed by atoms with Gasteiger partial charge in [0.2, 0.25) is 5.91 Å². The molecule has 8 heteroatoms. The molecule has 1 amide bonds. The Balaban J connectivity index is 1.85. The molecule has 0 spiro atoms. The van der Waals surface area contributed by atoms with Crippen molar-refractivity contribution in [1.82, 2.24) is 4.90 Å². The van der Waals surface area contributed by atoms with Gasteiger partial charge in [-0.1, -0.05) is 0 Å². The molecule has 0 aromatic rings. The second-order valence-corrected chi connectivity index (χ2v) is 9.81. The second kappa shape index (κ2) is 6.44. The van der Waals surface area contributed by atoms with Crippen molar-refractivity contribution in [3.05, 3.63) is 0 Å². The predicted molar refractivity (Wildman–Crippen MR) is 82.1 cm³/mol. The fourth-order valence-electron chi connectivity index (χ4n) is 2.75. The molecule has 2 aliphatic heterocycles. The van der Waals surface area contributed by atoms with Crippen molar-refractivity contribution < 1.29 is 23.1 Å². The van der Waals surface area contributed by atoms with Crippen molar-refractivity contribution in [1.29, 1.82) is 0 Å². The van der Waals surface area contributed by atoms with E-state index in [-0.39, 0.29) is 41.1 Å². The second-order valence-electron chi connectivity index (χ2n) is 6.29. The third-order valence-corrected chi connectivity index (χ3v) is 6.94. The highest BCUT2D eigenvalue weighted by Gasteiger charge is 2.36. The molecule has 0 bridgehead atoms. The summed E-state index contributed by atoms with van der Waals surface area (Å²) in [6.07, 6.45) is 0.281. The van der Waals surface area contributed by atoms with E-state index in [2.05, 4.69) is 0 Å². The number of aliphatic hydroxyl groups is 1. The summed E-state index contributed by atoms with van der Waals surface area (Å²) in [7, 11) is -2.90. The SMILES string of the molecule is CC1(C)CN(C(=O)CSC2CCS(=O)(=O)C2)CC(CO)O1. The Morgan fingerprint density at radius 3 is 2.76 bits per heavy atom. The number of amides is 1. The average Bonchev–Trinajstić information content (AvgIpc) is 2.73. The van der Waals surface area contributed by atoms with Crippen molar-refractivity contribution in [2.45, 2.75) is 37.2 Å². The molecule has 21 heavy (non-hydrogen) atoms. The number of nitrogens with zero attached hydrogens (tertiary/aromatic N) is 1. The van der Waals surface area contributed by atoms with Crippen LogP contribution < -0.4 is 0 Å². The molecule has 2 saturated heterocycles. The number of carbonyl (C=O) groups excluding carboxylic acids is 1. The molecule has 2 unspecified atom stereocenters. The lowest BCUT2D eigenvalue weighted by atomic mass is 10.1. The van der Waals surface area contributed by atoms with Crippen molar-refractivity contribution >= 4 is 27.5 Å². The fraction of sp³-hybridized carbons (Fsp3) is 0.923. The van der Waals surface area contributed by atoms with Gasteiger partial charge in [-0.15, -0.1) is 11.8 Å². The van der Waals surface area contributed by atoms with Gasteiger partial charge >= 0.3 is 0 Å². The predicted octanol–water partition coefficient (Wildman–Crippen LogP) is -0.0950. The normalized spacial score (nSPS) is 31.3. The Kier molecular flexibility index (Phi) is 5.23. The minimum Gasteiger partial charge on any atom is -0.394 e. The molecule has 6 nitrogen and oxygen atoms in total. The molecule has 0 aromatic carbocycles. The highest BCUT2D eigenvalue weighted by Crippen LogP contribution is 2.26. The topological polar surface area (TPSA) is 83.9 Å². The molecule has 1 N–H and O–H groups in total. The maximum Gasteiger partial charge on any atom is 0.232 e. The highest BCUT2D eigenvalue weighted by molar-refractivity contribution is 8.02. The Bertz CT molecular complexity index is 491. The third-order valence-electron chi connectivity index (χ3n) is 3.67. The van der Waals surface area contributed by atoms with Gasteiger partial charge in [0.15, 0.2) is 9.84 Å². The van der Waals surface area contributed by atoms with Crippen LogP contribution in [-0.4, -0.2) is 78.2 Å². The number of hydrogen-bond acceptors (Lipinski definition) is 6. The smallest absolute Gasteiger partial charge is 0.232 e. The van der Waals surface area contributed by atoms with Crippen LogP contribution in [0, 0.1) is 0 Å². The van der Waals surface area contributed by atoms with Gasteiger partial charge in [-0.05, 0) is 20.3 Å². The van der Waals surface area contributed by atoms with Crippen LogP contribution in [0.15, 0.2) is 0 Å². The summed E-state index contributed by atoms with van der Waals surface area (Å²) >= 11 is 1.42. The standard InChI is InChI=1S/C13H23NO5S2/c1-13(2)9-14(5-10(6-15)19-13)12(16)7-20-11-3-4-21(17,18)8-11/h10-11,15H,3-9H2,1-2H3.